The predicted molar refractivity (Wildman–Crippen MR) is 122 cm³/mol. The van der Waals surface area contributed by atoms with Gasteiger partial charge in [-0.2, -0.15) is 4.98 Å². The molecule has 0 saturated heterocycles. The zero-order valence-corrected chi connectivity index (χ0v) is 17.1. The van der Waals surface area contributed by atoms with Crippen molar-refractivity contribution in [2.75, 3.05) is 4.90 Å². The molecular formula is C26H22N4. The van der Waals surface area contributed by atoms with E-state index in [2.05, 4.69) is 83.8 Å². The Hall–Kier alpha value is -3.79. The highest BCUT2D eigenvalue weighted by Crippen LogP contribution is 2.50. The van der Waals surface area contributed by atoms with E-state index in [1.54, 1.807) is 6.33 Å². The first-order valence-corrected chi connectivity index (χ1v) is 10.0. The van der Waals surface area contributed by atoms with E-state index in [4.69, 9.17) is 4.98 Å². The Labute approximate surface area is 176 Å². The second-order valence-corrected chi connectivity index (χ2v) is 7.93. The fourth-order valence-electron chi connectivity index (χ4n) is 4.19. The highest BCUT2D eigenvalue weighted by Gasteiger charge is 2.37. The molecule has 4 heteroatoms. The van der Waals surface area contributed by atoms with E-state index in [1.807, 2.05) is 30.3 Å². The van der Waals surface area contributed by atoms with Crippen LogP contribution in [0.3, 0.4) is 0 Å². The van der Waals surface area contributed by atoms with E-state index >= 15 is 0 Å². The van der Waals surface area contributed by atoms with Gasteiger partial charge in [0.05, 0.1) is 11.4 Å². The third-order valence-electron chi connectivity index (χ3n) is 5.80. The van der Waals surface area contributed by atoms with Crippen LogP contribution in [0.25, 0.3) is 17.5 Å². The maximum Gasteiger partial charge on any atom is 0.238 e. The van der Waals surface area contributed by atoms with Crippen LogP contribution >= 0.6 is 0 Å². The van der Waals surface area contributed by atoms with Crippen LogP contribution in [-0.2, 0) is 5.41 Å². The molecule has 0 aliphatic carbocycles. The molecule has 0 atom stereocenters. The zero-order valence-electron chi connectivity index (χ0n) is 17.1. The lowest BCUT2D eigenvalue weighted by Gasteiger charge is -2.40. The van der Waals surface area contributed by atoms with Crippen molar-refractivity contribution in [2.24, 2.45) is 0 Å². The van der Waals surface area contributed by atoms with E-state index in [1.165, 1.54) is 11.1 Å². The largest absolute Gasteiger partial charge is 0.278 e. The quantitative estimate of drug-likeness (QED) is 0.412. The Bertz CT molecular complexity index is 1190. The Morgan fingerprint density at radius 3 is 2.00 bits per heavy atom. The third kappa shape index (κ3) is 2.80. The van der Waals surface area contributed by atoms with Crippen LogP contribution in [0.15, 0.2) is 85.7 Å². The number of hydrogen-bond acceptors (Lipinski definition) is 4. The van der Waals surface area contributed by atoms with Gasteiger partial charge in [-0.3, -0.25) is 4.90 Å². The number of anilines is 3. The first-order chi connectivity index (χ1) is 14.6. The van der Waals surface area contributed by atoms with Crippen molar-refractivity contribution >= 4 is 23.4 Å². The standard InChI is InChI=1S/C26H22N4/c1-4-18-13-15-19(16-14-18)24-27-17-28-25(29-24)30-22-11-7-5-9-20(22)26(2,3)21-10-6-8-12-23(21)30/h4-17H,1H2,2-3H3. The molecule has 0 N–H and O–H groups in total. The summed E-state index contributed by atoms with van der Waals surface area (Å²) in [5.74, 6) is 1.26. The van der Waals surface area contributed by atoms with Crippen molar-refractivity contribution in [3.8, 4) is 11.4 Å². The molecule has 0 spiro atoms. The van der Waals surface area contributed by atoms with E-state index in [-0.39, 0.29) is 5.41 Å². The topological polar surface area (TPSA) is 41.9 Å². The molecule has 4 nitrogen and oxygen atoms in total. The first-order valence-electron chi connectivity index (χ1n) is 10.0. The molecule has 0 radical (unpaired) electrons. The van der Waals surface area contributed by atoms with Gasteiger partial charge in [0.15, 0.2) is 5.82 Å². The van der Waals surface area contributed by atoms with Crippen molar-refractivity contribution in [1.29, 1.82) is 0 Å². The van der Waals surface area contributed by atoms with Crippen molar-refractivity contribution in [2.45, 2.75) is 19.3 Å². The minimum Gasteiger partial charge on any atom is -0.278 e. The van der Waals surface area contributed by atoms with E-state index < -0.39 is 0 Å². The summed E-state index contributed by atoms with van der Waals surface area (Å²) < 4.78 is 0. The minimum atomic E-state index is -0.111. The van der Waals surface area contributed by atoms with Crippen molar-refractivity contribution in [3.05, 3.63) is 102 Å². The number of nitrogens with zero attached hydrogens (tertiary/aromatic N) is 4. The van der Waals surface area contributed by atoms with E-state index in [0.717, 1.165) is 22.5 Å². The predicted octanol–water partition coefficient (Wildman–Crippen LogP) is 6.29. The monoisotopic (exact) mass is 390 g/mol. The lowest BCUT2D eigenvalue weighted by atomic mass is 9.74. The Morgan fingerprint density at radius 1 is 0.800 bits per heavy atom. The van der Waals surface area contributed by atoms with Gasteiger partial charge in [0.2, 0.25) is 5.95 Å². The van der Waals surface area contributed by atoms with Crippen LogP contribution < -0.4 is 4.90 Å². The van der Waals surface area contributed by atoms with Crippen molar-refractivity contribution in [1.82, 2.24) is 15.0 Å². The summed E-state index contributed by atoms with van der Waals surface area (Å²) in [5.41, 5.74) is 6.60. The highest BCUT2D eigenvalue weighted by molar-refractivity contribution is 5.83. The molecule has 3 aromatic carbocycles. The van der Waals surface area contributed by atoms with Gasteiger partial charge in [0, 0.05) is 11.0 Å². The number of rotatable bonds is 3. The second-order valence-electron chi connectivity index (χ2n) is 7.93. The molecule has 1 aliphatic rings. The summed E-state index contributed by atoms with van der Waals surface area (Å²) >= 11 is 0. The SMILES string of the molecule is C=Cc1ccc(-c2ncnc(N3c4ccccc4C(C)(C)c4ccccc43)n2)cc1. The van der Waals surface area contributed by atoms with E-state index in [9.17, 15) is 0 Å². The summed E-state index contributed by atoms with van der Waals surface area (Å²) in [7, 11) is 0. The summed E-state index contributed by atoms with van der Waals surface area (Å²) in [5, 5.41) is 0. The van der Waals surface area contributed by atoms with Gasteiger partial charge in [-0.1, -0.05) is 87.2 Å². The summed E-state index contributed by atoms with van der Waals surface area (Å²) in [6.45, 7) is 8.35. The molecule has 1 aromatic heterocycles. The van der Waals surface area contributed by atoms with Gasteiger partial charge in [0.25, 0.3) is 0 Å². The van der Waals surface area contributed by atoms with Gasteiger partial charge in [-0.05, 0) is 28.8 Å². The van der Waals surface area contributed by atoms with Gasteiger partial charge in [-0.15, -0.1) is 0 Å². The van der Waals surface area contributed by atoms with Crippen LogP contribution in [0.1, 0.15) is 30.5 Å². The number of hydrogen-bond donors (Lipinski definition) is 0. The second kappa shape index (κ2) is 6.92. The van der Waals surface area contributed by atoms with Crippen LogP contribution in [-0.4, -0.2) is 15.0 Å². The van der Waals surface area contributed by atoms with Crippen LogP contribution in [0.4, 0.5) is 17.3 Å². The maximum absolute atomic E-state index is 4.85. The number of aromatic nitrogens is 3. The Balaban J connectivity index is 1.69. The number of para-hydroxylation sites is 2. The van der Waals surface area contributed by atoms with Gasteiger partial charge in [0.1, 0.15) is 6.33 Å². The smallest absolute Gasteiger partial charge is 0.238 e. The lowest BCUT2D eigenvalue weighted by molar-refractivity contribution is 0.630. The zero-order chi connectivity index (χ0) is 20.7. The fraction of sp³-hybridized carbons (Fsp3) is 0.115. The van der Waals surface area contributed by atoms with Crippen molar-refractivity contribution < 1.29 is 0 Å². The Kier molecular flexibility index (Phi) is 4.21. The number of benzene rings is 3. The Morgan fingerprint density at radius 2 is 1.40 bits per heavy atom. The average Bonchev–Trinajstić information content (AvgIpc) is 2.80. The normalized spacial score (nSPS) is 14.0. The molecule has 0 fully saturated rings. The molecule has 2 heterocycles. The molecule has 4 aromatic rings. The molecule has 0 amide bonds. The molecule has 0 unspecified atom stereocenters. The van der Waals surface area contributed by atoms with Crippen molar-refractivity contribution in [3.63, 3.8) is 0 Å². The summed E-state index contributed by atoms with van der Waals surface area (Å²) in [6, 6.07) is 25.0. The first kappa shape index (κ1) is 18.3. The van der Waals surface area contributed by atoms with Gasteiger partial charge >= 0.3 is 0 Å². The average molecular weight is 390 g/mol. The molecule has 5 rings (SSSR count). The fourth-order valence-corrected chi connectivity index (χ4v) is 4.19. The minimum absolute atomic E-state index is 0.111. The maximum atomic E-state index is 4.85. The molecule has 1 aliphatic heterocycles. The highest BCUT2D eigenvalue weighted by atomic mass is 15.3. The molecule has 0 saturated carbocycles. The van der Waals surface area contributed by atoms with Gasteiger partial charge < -0.3 is 0 Å². The summed E-state index contributed by atoms with van der Waals surface area (Å²) in [6.07, 6.45) is 3.41. The molecule has 30 heavy (non-hydrogen) atoms. The summed E-state index contributed by atoms with van der Waals surface area (Å²) in [4.78, 5) is 16.0. The molecular weight excluding hydrogens is 368 g/mol. The van der Waals surface area contributed by atoms with Crippen LogP contribution in [0, 0.1) is 0 Å². The lowest BCUT2D eigenvalue weighted by Crippen LogP contribution is -2.31. The number of fused-ring (bicyclic) bond motifs is 2. The third-order valence-corrected chi connectivity index (χ3v) is 5.80. The van der Waals surface area contributed by atoms with Crippen LogP contribution in [0.2, 0.25) is 0 Å². The molecule has 0 bridgehead atoms. The van der Waals surface area contributed by atoms with Gasteiger partial charge in [-0.25, -0.2) is 9.97 Å². The van der Waals surface area contributed by atoms with E-state index in [0.29, 0.717) is 11.8 Å². The molecule has 146 valence electrons. The van der Waals surface area contributed by atoms with Crippen LogP contribution in [0.5, 0.6) is 0 Å².